The minimum absolute atomic E-state index is 0.137. The maximum atomic E-state index is 12.0. The third-order valence-corrected chi connectivity index (χ3v) is 4.46. The third-order valence-electron chi connectivity index (χ3n) is 3.21. The topological polar surface area (TPSA) is 54.9 Å². The average molecular weight is 356 g/mol. The van der Waals surface area contributed by atoms with E-state index in [-0.39, 0.29) is 11.7 Å². The van der Waals surface area contributed by atoms with Crippen molar-refractivity contribution in [2.75, 3.05) is 11.1 Å². The highest BCUT2D eigenvalue weighted by Gasteiger charge is 2.07. The van der Waals surface area contributed by atoms with E-state index in [0.29, 0.717) is 15.7 Å². The SMILES string of the molecule is O=C(CSc1ccc(-c2ccccc2)nn1)Nc1ccccc1Cl. The summed E-state index contributed by atoms with van der Waals surface area (Å²) >= 11 is 7.35. The maximum Gasteiger partial charge on any atom is 0.234 e. The summed E-state index contributed by atoms with van der Waals surface area (Å²) in [7, 11) is 0. The largest absolute Gasteiger partial charge is 0.324 e. The molecule has 0 unspecified atom stereocenters. The van der Waals surface area contributed by atoms with E-state index >= 15 is 0 Å². The van der Waals surface area contributed by atoms with E-state index in [2.05, 4.69) is 15.5 Å². The van der Waals surface area contributed by atoms with Crippen molar-refractivity contribution in [1.82, 2.24) is 10.2 Å². The fraction of sp³-hybridized carbons (Fsp3) is 0.0556. The van der Waals surface area contributed by atoms with Gasteiger partial charge in [-0.3, -0.25) is 4.79 Å². The van der Waals surface area contributed by atoms with Crippen molar-refractivity contribution in [3.8, 4) is 11.3 Å². The van der Waals surface area contributed by atoms with Crippen LogP contribution >= 0.6 is 23.4 Å². The Bertz CT molecular complexity index is 825. The first-order valence-corrected chi connectivity index (χ1v) is 8.65. The summed E-state index contributed by atoms with van der Waals surface area (Å²) in [5.74, 6) is 0.104. The molecule has 0 aliphatic rings. The molecular weight excluding hydrogens is 342 g/mol. The van der Waals surface area contributed by atoms with Gasteiger partial charge in [-0.1, -0.05) is 65.8 Å². The molecule has 0 aliphatic heterocycles. The first-order chi connectivity index (χ1) is 11.7. The zero-order valence-corrected chi connectivity index (χ0v) is 14.2. The number of para-hydroxylation sites is 1. The molecule has 2 aromatic carbocycles. The van der Waals surface area contributed by atoms with Crippen LogP contribution in [0.5, 0.6) is 0 Å². The molecule has 0 atom stereocenters. The molecule has 0 fully saturated rings. The van der Waals surface area contributed by atoms with Crippen molar-refractivity contribution >= 4 is 35.0 Å². The second kappa shape index (κ2) is 7.95. The van der Waals surface area contributed by atoms with Crippen LogP contribution in [0.4, 0.5) is 5.69 Å². The molecule has 0 saturated heterocycles. The monoisotopic (exact) mass is 355 g/mol. The number of carbonyl (C=O) groups is 1. The number of nitrogens with zero attached hydrogens (tertiary/aromatic N) is 2. The number of rotatable bonds is 5. The summed E-state index contributed by atoms with van der Waals surface area (Å²) in [4.78, 5) is 12.0. The van der Waals surface area contributed by atoms with Crippen molar-refractivity contribution in [3.63, 3.8) is 0 Å². The van der Waals surface area contributed by atoms with E-state index in [0.717, 1.165) is 11.3 Å². The van der Waals surface area contributed by atoms with Gasteiger partial charge in [0.15, 0.2) is 0 Å². The minimum atomic E-state index is -0.137. The van der Waals surface area contributed by atoms with E-state index in [1.54, 1.807) is 12.1 Å². The molecule has 0 saturated carbocycles. The first-order valence-electron chi connectivity index (χ1n) is 7.29. The molecule has 3 rings (SSSR count). The van der Waals surface area contributed by atoms with Gasteiger partial charge in [-0.25, -0.2) is 0 Å². The molecule has 3 aromatic rings. The minimum Gasteiger partial charge on any atom is -0.324 e. The smallest absolute Gasteiger partial charge is 0.234 e. The lowest BCUT2D eigenvalue weighted by molar-refractivity contribution is -0.113. The average Bonchev–Trinajstić information content (AvgIpc) is 2.63. The standard InChI is InChI=1S/C18H14ClN3OS/c19-14-8-4-5-9-16(14)20-17(23)12-24-18-11-10-15(21-22-18)13-6-2-1-3-7-13/h1-11H,12H2,(H,20,23). The molecule has 0 radical (unpaired) electrons. The lowest BCUT2D eigenvalue weighted by Gasteiger charge is -2.06. The fourth-order valence-corrected chi connectivity index (χ4v) is 2.85. The van der Waals surface area contributed by atoms with Crippen LogP contribution in [0.25, 0.3) is 11.3 Å². The van der Waals surface area contributed by atoms with Crippen molar-refractivity contribution in [2.24, 2.45) is 0 Å². The summed E-state index contributed by atoms with van der Waals surface area (Å²) in [6.45, 7) is 0. The van der Waals surface area contributed by atoms with Gasteiger partial charge < -0.3 is 5.32 Å². The highest BCUT2D eigenvalue weighted by atomic mass is 35.5. The van der Waals surface area contributed by atoms with Gasteiger partial charge in [0.2, 0.25) is 5.91 Å². The van der Waals surface area contributed by atoms with Gasteiger partial charge in [0, 0.05) is 5.56 Å². The number of thioether (sulfide) groups is 1. The van der Waals surface area contributed by atoms with Crippen LogP contribution in [0, 0.1) is 0 Å². The Hall–Kier alpha value is -2.37. The molecule has 0 spiro atoms. The van der Waals surface area contributed by atoms with Gasteiger partial charge >= 0.3 is 0 Å². The molecule has 1 aromatic heterocycles. The van der Waals surface area contributed by atoms with Crippen LogP contribution in [0.15, 0.2) is 71.8 Å². The number of aromatic nitrogens is 2. The number of benzene rings is 2. The van der Waals surface area contributed by atoms with E-state index in [1.165, 1.54) is 11.8 Å². The number of hydrogen-bond donors (Lipinski definition) is 1. The van der Waals surface area contributed by atoms with Crippen LogP contribution in [-0.4, -0.2) is 21.9 Å². The van der Waals surface area contributed by atoms with E-state index in [1.807, 2.05) is 54.6 Å². The van der Waals surface area contributed by atoms with Crippen LogP contribution in [-0.2, 0) is 4.79 Å². The Labute approximate surface area is 149 Å². The van der Waals surface area contributed by atoms with Crippen LogP contribution in [0.3, 0.4) is 0 Å². The maximum absolute atomic E-state index is 12.0. The molecule has 0 aliphatic carbocycles. The van der Waals surface area contributed by atoms with Crippen molar-refractivity contribution < 1.29 is 4.79 Å². The lowest BCUT2D eigenvalue weighted by atomic mass is 10.1. The van der Waals surface area contributed by atoms with Gasteiger partial charge in [-0.2, -0.15) is 0 Å². The lowest BCUT2D eigenvalue weighted by Crippen LogP contribution is -2.14. The summed E-state index contributed by atoms with van der Waals surface area (Å²) < 4.78 is 0. The summed E-state index contributed by atoms with van der Waals surface area (Å²) in [6.07, 6.45) is 0. The van der Waals surface area contributed by atoms with E-state index in [4.69, 9.17) is 11.6 Å². The molecule has 1 heterocycles. The van der Waals surface area contributed by atoms with Crippen LogP contribution in [0.2, 0.25) is 5.02 Å². The first kappa shape index (κ1) is 16.5. The molecule has 24 heavy (non-hydrogen) atoms. The Kier molecular flexibility index (Phi) is 5.46. The number of carbonyl (C=O) groups excluding carboxylic acids is 1. The quantitative estimate of drug-likeness (QED) is 0.683. The highest BCUT2D eigenvalue weighted by molar-refractivity contribution is 7.99. The molecule has 120 valence electrons. The predicted octanol–water partition coefficient (Wildman–Crippen LogP) is 4.53. The van der Waals surface area contributed by atoms with Gasteiger partial charge in [0.1, 0.15) is 5.03 Å². The van der Waals surface area contributed by atoms with Gasteiger partial charge in [-0.05, 0) is 24.3 Å². The van der Waals surface area contributed by atoms with Gasteiger partial charge in [0.05, 0.1) is 22.2 Å². The zero-order valence-electron chi connectivity index (χ0n) is 12.6. The highest BCUT2D eigenvalue weighted by Crippen LogP contribution is 2.22. The number of anilines is 1. The van der Waals surface area contributed by atoms with Crippen LogP contribution in [0.1, 0.15) is 0 Å². The summed E-state index contributed by atoms with van der Waals surface area (Å²) in [6, 6.07) is 20.7. The molecule has 4 nitrogen and oxygen atoms in total. The third kappa shape index (κ3) is 4.34. The molecule has 0 bridgehead atoms. The van der Waals surface area contributed by atoms with Gasteiger partial charge in [-0.15, -0.1) is 10.2 Å². The van der Waals surface area contributed by atoms with Crippen molar-refractivity contribution in [3.05, 3.63) is 71.8 Å². The second-order valence-electron chi connectivity index (χ2n) is 4.94. The Morgan fingerprint density at radius 1 is 0.958 bits per heavy atom. The number of amides is 1. The number of hydrogen-bond acceptors (Lipinski definition) is 4. The van der Waals surface area contributed by atoms with Gasteiger partial charge in [0.25, 0.3) is 0 Å². The van der Waals surface area contributed by atoms with E-state index in [9.17, 15) is 4.79 Å². The molecule has 6 heteroatoms. The molecule has 1 N–H and O–H groups in total. The Balaban J connectivity index is 1.57. The number of halogens is 1. The summed E-state index contributed by atoms with van der Waals surface area (Å²) in [5.41, 5.74) is 2.42. The van der Waals surface area contributed by atoms with Crippen molar-refractivity contribution in [1.29, 1.82) is 0 Å². The van der Waals surface area contributed by atoms with Crippen LogP contribution < -0.4 is 5.32 Å². The summed E-state index contributed by atoms with van der Waals surface area (Å²) in [5, 5.41) is 12.4. The Morgan fingerprint density at radius 2 is 1.71 bits per heavy atom. The molecular formula is C18H14ClN3OS. The number of nitrogens with one attached hydrogen (secondary N) is 1. The Morgan fingerprint density at radius 3 is 2.42 bits per heavy atom. The van der Waals surface area contributed by atoms with E-state index < -0.39 is 0 Å². The second-order valence-corrected chi connectivity index (χ2v) is 6.34. The van der Waals surface area contributed by atoms with Crippen molar-refractivity contribution in [2.45, 2.75) is 5.03 Å². The normalized spacial score (nSPS) is 10.4. The predicted molar refractivity (Wildman–Crippen MR) is 98.3 cm³/mol. The zero-order chi connectivity index (χ0) is 16.8. The molecule has 1 amide bonds. The fourth-order valence-electron chi connectivity index (χ4n) is 2.05.